The SMILES string of the molecule is CC(C)(C)CCOCCNCCCc1ncc[nH]1. The maximum absolute atomic E-state index is 5.58. The first-order chi connectivity index (χ1) is 8.58. The van der Waals surface area contributed by atoms with Crippen LogP contribution in [0, 0.1) is 5.41 Å². The van der Waals surface area contributed by atoms with Gasteiger partial charge >= 0.3 is 0 Å². The van der Waals surface area contributed by atoms with Crippen molar-refractivity contribution in [2.45, 2.75) is 40.0 Å². The van der Waals surface area contributed by atoms with Gasteiger partial charge in [-0.2, -0.15) is 0 Å². The van der Waals surface area contributed by atoms with E-state index in [1.54, 1.807) is 6.20 Å². The third-order valence-corrected chi connectivity index (χ3v) is 2.74. The Morgan fingerprint density at radius 1 is 1.28 bits per heavy atom. The normalized spacial score (nSPS) is 11.9. The molecular formula is C14H27N3O. The lowest BCUT2D eigenvalue weighted by Gasteiger charge is -2.17. The maximum Gasteiger partial charge on any atom is 0.106 e. The van der Waals surface area contributed by atoms with Crippen LogP contribution in [-0.4, -0.2) is 36.3 Å². The Bertz CT molecular complexity index is 290. The van der Waals surface area contributed by atoms with Crippen LogP contribution in [-0.2, 0) is 11.2 Å². The summed E-state index contributed by atoms with van der Waals surface area (Å²) in [6.07, 6.45) is 6.89. The minimum atomic E-state index is 0.371. The smallest absolute Gasteiger partial charge is 0.106 e. The van der Waals surface area contributed by atoms with Crippen LogP contribution in [0.2, 0.25) is 0 Å². The largest absolute Gasteiger partial charge is 0.380 e. The highest BCUT2D eigenvalue weighted by Crippen LogP contribution is 2.17. The first kappa shape index (κ1) is 15.2. The number of aromatic nitrogens is 2. The van der Waals surface area contributed by atoms with E-state index in [4.69, 9.17) is 4.74 Å². The van der Waals surface area contributed by atoms with Crippen LogP contribution in [0.15, 0.2) is 12.4 Å². The predicted octanol–water partition coefficient (Wildman–Crippen LogP) is 2.38. The molecule has 18 heavy (non-hydrogen) atoms. The van der Waals surface area contributed by atoms with E-state index in [9.17, 15) is 0 Å². The topological polar surface area (TPSA) is 49.9 Å². The number of aromatic amines is 1. The monoisotopic (exact) mass is 253 g/mol. The Hall–Kier alpha value is -0.870. The van der Waals surface area contributed by atoms with E-state index in [2.05, 4.69) is 36.1 Å². The lowest BCUT2D eigenvalue weighted by atomic mass is 9.93. The molecule has 0 atom stereocenters. The molecule has 0 spiro atoms. The fraction of sp³-hybridized carbons (Fsp3) is 0.786. The molecule has 1 heterocycles. The average Bonchev–Trinajstić information content (AvgIpc) is 2.78. The molecular weight excluding hydrogens is 226 g/mol. The summed E-state index contributed by atoms with van der Waals surface area (Å²) in [5.74, 6) is 1.07. The van der Waals surface area contributed by atoms with Crippen molar-refractivity contribution in [3.05, 3.63) is 18.2 Å². The summed E-state index contributed by atoms with van der Waals surface area (Å²) in [5, 5.41) is 3.38. The molecule has 0 fully saturated rings. The number of nitrogens with zero attached hydrogens (tertiary/aromatic N) is 1. The van der Waals surface area contributed by atoms with Crippen molar-refractivity contribution in [1.82, 2.24) is 15.3 Å². The van der Waals surface area contributed by atoms with Crippen LogP contribution in [0.1, 0.15) is 39.4 Å². The number of rotatable bonds is 9. The van der Waals surface area contributed by atoms with Gasteiger partial charge in [-0.3, -0.25) is 0 Å². The molecule has 1 rings (SSSR count). The van der Waals surface area contributed by atoms with Crippen molar-refractivity contribution in [2.24, 2.45) is 5.41 Å². The quantitative estimate of drug-likeness (QED) is 0.664. The summed E-state index contributed by atoms with van der Waals surface area (Å²) in [7, 11) is 0. The number of imidazole rings is 1. The Balaban J connectivity index is 1.82. The summed E-state index contributed by atoms with van der Waals surface area (Å²) in [6.45, 7) is 10.3. The molecule has 104 valence electrons. The highest BCUT2D eigenvalue weighted by molar-refractivity contribution is 4.86. The second-order valence-electron chi connectivity index (χ2n) is 5.81. The van der Waals surface area contributed by atoms with Gasteiger partial charge in [0.15, 0.2) is 0 Å². The van der Waals surface area contributed by atoms with Gasteiger partial charge in [-0.15, -0.1) is 0 Å². The van der Waals surface area contributed by atoms with E-state index < -0.39 is 0 Å². The molecule has 4 nitrogen and oxygen atoms in total. The van der Waals surface area contributed by atoms with Gasteiger partial charge in [0.1, 0.15) is 5.82 Å². The number of H-pyrrole nitrogens is 1. The highest BCUT2D eigenvalue weighted by atomic mass is 16.5. The number of hydrogen-bond donors (Lipinski definition) is 2. The molecule has 0 saturated heterocycles. The van der Waals surface area contributed by atoms with E-state index in [-0.39, 0.29) is 0 Å². The number of nitrogens with one attached hydrogen (secondary N) is 2. The average molecular weight is 253 g/mol. The number of ether oxygens (including phenoxy) is 1. The lowest BCUT2D eigenvalue weighted by molar-refractivity contribution is 0.110. The standard InChI is InChI=1S/C14H27N3O/c1-14(2,3)6-11-18-12-10-15-7-4-5-13-16-8-9-17-13/h8-9,15H,4-7,10-12H2,1-3H3,(H,16,17). The van der Waals surface area contributed by atoms with Gasteiger partial charge in [0.2, 0.25) is 0 Å². The van der Waals surface area contributed by atoms with Gasteiger partial charge in [0, 0.05) is 32.0 Å². The number of hydrogen-bond acceptors (Lipinski definition) is 3. The van der Waals surface area contributed by atoms with E-state index in [0.29, 0.717) is 5.41 Å². The third-order valence-electron chi connectivity index (χ3n) is 2.74. The molecule has 0 radical (unpaired) electrons. The molecule has 4 heteroatoms. The van der Waals surface area contributed by atoms with Gasteiger partial charge in [-0.05, 0) is 24.8 Å². The molecule has 2 N–H and O–H groups in total. The molecule has 0 unspecified atom stereocenters. The Morgan fingerprint density at radius 3 is 2.78 bits per heavy atom. The Labute approximate surface area is 111 Å². The summed E-state index contributed by atoms with van der Waals surface area (Å²) in [6, 6.07) is 0. The van der Waals surface area contributed by atoms with Gasteiger partial charge in [-0.25, -0.2) is 4.98 Å². The van der Waals surface area contributed by atoms with Gasteiger partial charge in [-0.1, -0.05) is 20.8 Å². The minimum absolute atomic E-state index is 0.371. The van der Waals surface area contributed by atoms with Crippen molar-refractivity contribution in [3.8, 4) is 0 Å². The van der Waals surface area contributed by atoms with Crippen LogP contribution in [0.3, 0.4) is 0 Å². The first-order valence-electron chi connectivity index (χ1n) is 6.85. The van der Waals surface area contributed by atoms with Crippen LogP contribution in [0.4, 0.5) is 0 Å². The van der Waals surface area contributed by atoms with E-state index >= 15 is 0 Å². The van der Waals surface area contributed by atoms with Crippen LogP contribution < -0.4 is 5.32 Å². The Kier molecular flexibility index (Phi) is 6.98. The highest BCUT2D eigenvalue weighted by Gasteiger charge is 2.08. The van der Waals surface area contributed by atoms with Gasteiger partial charge < -0.3 is 15.0 Å². The Morgan fingerprint density at radius 2 is 2.11 bits per heavy atom. The van der Waals surface area contributed by atoms with E-state index in [1.807, 2.05) is 6.20 Å². The zero-order valence-electron chi connectivity index (χ0n) is 12.0. The second-order valence-corrected chi connectivity index (χ2v) is 5.81. The zero-order valence-corrected chi connectivity index (χ0v) is 12.0. The summed E-state index contributed by atoms with van der Waals surface area (Å²) in [5.41, 5.74) is 0.371. The lowest BCUT2D eigenvalue weighted by Crippen LogP contribution is -2.22. The molecule has 1 aromatic rings. The molecule has 0 amide bonds. The fourth-order valence-corrected chi connectivity index (χ4v) is 1.57. The van der Waals surface area contributed by atoms with Gasteiger partial charge in [0.25, 0.3) is 0 Å². The van der Waals surface area contributed by atoms with Gasteiger partial charge in [0.05, 0.1) is 6.61 Å². The fourth-order valence-electron chi connectivity index (χ4n) is 1.57. The predicted molar refractivity (Wildman–Crippen MR) is 74.7 cm³/mol. The molecule has 0 aromatic carbocycles. The summed E-state index contributed by atoms with van der Waals surface area (Å²) in [4.78, 5) is 7.30. The van der Waals surface area contributed by atoms with Crippen molar-refractivity contribution >= 4 is 0 Å². The van der Waals surface area contributed by atoms with Crippen molar-refractivity contribution in [2.75, 3.05) is 26.3 Å². The second kappa shape index (κ2) is 8.27. The van der Waals surface area contributed by atoms with Crippen LogP contribution >= 0.6 is 0 Å². The first-order valence-corrected chi connectivity index (χ1v) is 6.85. The summed E-state index contributed by atoms with van der Waals surface area (Å²) >= 11 is 0. The molecule has 0 bridgehead atoms. The third kappa shape index (κ3) is 8.25. The van der Waals surface area contributed by atoms with Crippen molar-refractivity contribution < 1.29 is 4.74 Å². The van der Waals surface area contributed by atoms with Crippen molar-refractivity contribution in [3.63, 3.8) is 0 Å². The zero-order chi connectivity index (χ0) is 13.3. The van der Waals surface area contributed by atoms with E-state index in [0.717, 1.165) is 51.4 Å². The molecule has 0 aliphatic heterocycles. The summed E-state index contributed by atoms with van der Waals surface area (Å²) < 4.78 is 5.58. The van der Waals surface area contributed by atoms with E-state index in [1.165, 1.54) is 0 Å². The molecule has 0 aliphatic carbocycles. The molecule has 0 saturated carbocycles. The molecule has 1 aromatic heterocycles. The maximum atomic E-state index is 5.58. The van der Waals surface area contributed by atoms with Crippen LogP contribution in [0.25, 0.3) is 0 Å². The van der Waals surface area contributed by atoms with Crippen molar-refractivity contribution in [1.29, 1.82) is 0 Å². The molecule has 0 aliphatic rings. The minimum Gasteiger partial charge on any atom is -0.380 e. The number of aryl methyl sites for hydroxylation is 1. The van der Waals surface area contributed by atoms with Crippen LogP contribution in [0.5, 0.6) is 0 Å².